The molecule has 1 aliphatic heterocycles. The van der Waals surface area contributed by atoms with E-state index in [1.165, 1.54) is 6.33 Å². The van der Waals surface area contributed by atoms with Crippen molar-refractivity contribution in [2.75, 3.05) is 41.5 Å². The third-order valence-electron chi connectivity index (χ3n) is 9.96. The lowest BCUT2D eigenvalue weighted by atomic mass is 9.76. The van der Waals surface area contributed by atoms with E-state index in [9.17, 15) is 5.26 Å². The van der Waals surface area contributed by atoms with Crippen LogP contribution < -0.4 is 14.8 Å². The maximum atomic E-state index is 9.34. The van der Waals surface area contributed by atoms with Gasteiger partial charge in [0.05, 0.1) is 64.2 Å². The lowest BCUT2D eigenvalue weighted by Gasteiger charge is -2.41. The van der Waals surface area contributed by atoms with E-state index in [1.54, 1.807) is 26.9 Å². The molecule has 1 unspecified atom stereocenters. The highest BCUT2D eigenvalue weighted by Crippen LogP contribution is 2.48. The minimum atomic E-state index is -1.54. The molecule has 4 atom stereocenters. The number of aliphatic imine (C=N–C) groups is 1. The Labute approximate surface area is 342 Å². The largest absolute Gasteiger partial charge is 0.497 e. The highest BCUT2D eigenvalue weighted by Gasteiger charge is 2.45. The third kappa shape index (κ3) is 9.48. The molecule has 15 heteroatoms. The van der Waals surface area contributed by atoms with Crippen LogP contribution in [0.25, 0.3) is 11.2 Å². The van der Waals surface area contributed by atoms with Gasteiger partial charge < -0.3 is 28.2 Å². The van der Waals surface area contributed by atoms with Crippen molar-refractivity contribution in [2.24, 2.45) is 4.99 Å². The van der Waals surface area contributed by atoms with Gasteiger partial charge in [0.1, 0.15) is 24.1 Å². The van der Waals surface area contributed by atoms with Crippen LogP contribution in [0.5, 0.6) is 11.5 Å². The number of fused-ring (bicyclic) bond motifs is 1. The first-order chi connectivity index (χ1) is 28.1. The van der Waals surface area contributed by atoms with E-state index in [-0.39, 0.29) is 37.8 Å². The lowest BCUT2D eigenvalue weighted by molar-refractivity contribution is -0.0242. The first kappa shape index (κ1) is 42.6. The van der Waals surface area contributed by atoms with Crippen molar-refractivity contribution in [3.8, 4) is 17.6 Å². The molecule has 1 fully saturated rings. The second-order valence-electron chi connectivity index (χ2n) is 14.8. The van der Waals surface area contributed by atoms with E-state index in [4.69, 9.17) is 28.2 Å². The monoisotopic (exact) mass is 807 g/mol. The molecule has 0 radical (unpaired) electrons. The molecule has 1 aliphatic rings. The van der Waals surface area contributed by atoms with Gasteiger partial charge in [0.15, 0.2) is 17.0 Å². The van der Waals surface area contributed by atoms with Gasteiger partial charge in [-0.15, -0.1) is 0 Å². The normalized spacial score (nSPS) is 17.7. The van der Waals surface area contributed by atoms with E-state index >= 15 is 0 Å². The Kier molecular flexibility index (Phi) is 14.4. The summed E-state index contributed by atoms with van der Waals surface area (Å²) in [6.45, 7) is 8.97. The molecule has 0 spiro atoms. The molecule has 58 heavy (non-hydrogen) atoms. The van der Waals surface area contributed by atoms with Crippen LogP contribution >= 0.6 is 8.53 Å². The quantitative estimate of drug-likeness (QED) is 0.0289. The number of hydrogen-bond donors (Lipinski definition) is 1. The smallest absolute Gasteiger partial charge is 0.259 e. The average Bonchev–Trinajstić information content (AvgIpc) is 3.85. The predicted molar refractivity (Wildman–Crippen MR) is 226 cm³/mol. The molecule has 6 rings (SSSR count). The summed E-state index contributed by atoms with van der Waals surface area (Å²) in [5.74, 6) is 1.97. The Morgan fingerprint density at radius 3 is 2.10 bits per heavy atom. The van der Waals surface area contributed by atoms with Crippen molar-refractivity contribution in [3.05, 3.63) is 108 Å². The maximum Gasteiger partial charge on any atom is 0.259 e. The maximum absolute atomic E-state index is 9.34. The highest BCUT2D eigenvalue weighted by atomic mass is 31.2. The van der Waals surface area contributed by atoms with Crippen LogP contribution in [0.4, 0.5) is 5.82 Å². The van der Waals surface area contributed by atoms with Crippen LogP contribution in [-0.2, 0) is 19.3 Å². The highest BCUT2D eigenvalue weighted by molar-refractivity contribution is 7.44. The van der Waals surface area contributed by atoms with Gasteiger partial charge in [0, 0.05) is 38.6 Å². The van der Waals surface area contributed by atoms with Crippen molar-refractivity contribution in [1.82, 2.24) is 34.4 Å². The SMILES string of the molecule is COc1ccc(C(N[C@H]2C[C@H](n3cnc4c(N=CN(C)C)ncnc43)O[C@@H]2COP(OCCC#N)N(C(C)C)C(C)C)(c2ccccc2)c2ccc(OC)cc2)cc1. The van der Waals surface area contributed by atoms with Gasteiger partial charge in [-0.2, -0.15) is 5.26 Å². The van der Waals surface area contributed by atoms with E-state index in [1.807, 2.05) is 53.9 Å². The average molecular weight is 808 g/mol. The van der Waals surface area contributed by atoms with Crippen LogP contribution in [0.15, 0.2) is 96.5 Å². The number of aromatic nitrogens is 4. The van der Waals surface area contributed by atoms with Gasteiger partial charge in [-0.05, 0) is 68.7 Å². The zero-order valence-electron chi connectivity index (χ0n) is 34.5. The zero-order chi connectivity index (χ0) is 41.2. The van der Waals surface area contributed by atoms with Crippen molar-refractivity contribution < 1.29 is 23.3 Å². The van der Waals surface area contributed by atoms with Gasteiger partial charge in [-0.3, -0.25) is 9.88 Å². The van der Waals surface area contributed by atoms with Gasteiger partial charge in [-0.25, -0.2) is 24.6 Å². The Bertz CT molecular complexity index is 2070. The third-order valence-corrected chi connectivity index (χ3v) is 12.0. The summed E-state index contributed by atoms with van der Waals surface area (Å²) in [6.07, 6.45) is 4.78. The number of benzene rings is 3. The predicted octanol–water partition coefficient (Wildman–Crippen LogP) is 7.60. The van der Waals surface area contributed by atoms with Crippen LogP contribution in [0.1, 0.15) is 63.5 Å². The number of rotatable bonds is 19. The first-order valence-electron chi connectivity index (χ1n) is 19.5. The first-order valence-corrected chi connectivity index (χ1v) is 20.6. The fourth-order valence-corrected chi connectivity index (χ4v) is 8.99. The number of hydrogen-bond acceptors (Lipinski definition) is 12. The zero-order valence-corrected chi connectivity index (χ0v) is 35.4. The van der Waals surface area contributed by atoms with Crippen molar-refractivity contribution in [3.63, 3.8) is 0 Å². The molecule has 0 bridgehead atoms. The summed E-state index contributed by atoms with van der Waals surface area (Å²) in [4.78, 5) is 20.2. The second-order valence-corrected chi connectivity index (χ2v) is 16.2. The van der Waals surface area contributed by atoms with Gasteiger partial charge in [0.25, 0.3) is 8.53 Å². The minimum Gasteiger partial charge on any atom is -0.497 e. The Balaban J connectivity index is 1.46. The molecule has 306 valence electrons. The summed E-state index contributed by atoms with van der Waals surface area (Å²) >= 11 is 0. The van der Waals surface area contributed by atoms with Crippen molar-refractivity contribution >= 4 is 31.8 Å². The fourth-order valence-electron chi connectivity index (χ4n) is 7.37. The molecule has 0 amide bonds. The Morgan fingerprint density at radius 2 is 1.53 bits per heavy atom. The standard InChI is InChI=1S/C43H54N9O5P/c1-30(2)52(31(3)4)58(55-24-12-23-44)56-26-38-37(25-39(57-38)51-29-47-40-41(48-28-50(5)6)45-27-46-42(40)51)49-43(32-13-10-9-11-14-32,33-15-19-35(53-7)20-16-33)34-17-21-36(54-8)22-18-34/h9-11,13-22,27-31,37-39,49H,12,24-26H2,1-8H3/t37-,38+,39+,58?/m0/s1. The van der Waals surface area contributed by atoms with Crippen LogP contribution in [0, 0.1) is 11.3 Å². The summed E-state index contributed by atoms with van der Waals surface area (Å²) in [5, 5.41) is 13.5. The molecular weight excluding hydrogens is 754 g/mol. The molecule has 1 N–H and O–H groups in total. The minimum absolute atomic E-state index is 0.136. The number of methoxy groups -OCH3 is 2. The van der Waals surface area contributed by atoms with Crippen LogP contribution in [0.2, 0.25) is 0 Å². The van der Waals surface area contributed by atoms with Crippen molar-refractivity contribution in [2.45, 2.75) is 76.5 Å². The van der Waals surface area contributed by atoms with Gasteiger partial charge in [-0.1, -0.05) is 54.6 Å². The van der Waals surface area contributed by atoms with Crippen LogP contribution in [0.3, 0.4) is 0 Å². The van der Waals surface area contributed by atoms with Crippen LogP contribution in [-0.4, -0.2) is 101 Å². The fraction of sp³-hybridized carbons (Fsp3) is 0.419. The van der Waals surface area contributed by atoms with Gasteiger partial charge >= 0.3 is 0 Å². The molecule has 1 saturated heterocycles. The second kappa shape index (κ2) is 19.6. The molecule has 3 aromatic carbocycles. The van der Waals surface area contributed by atoms with Gasteiger partial charge in [0.2, 0.25) is 0 Å². The van der Waals surface area contributed by atoms with Crippen molar-refractivity contribution in [1.29, 1.82) is 5.26 Å². The molecule has 14 nitrogen and oxygen atoms in total. The molecule has 0 aliphatic carbocycles. The van der Waals surface area contributed by atoms with E-state index in [0.29, 0.717) is 23.4 Å². The summed E-state index contributed by atoms with van der Waals surface area (Å²) in [7, 11) is 5.60. The number of imidazole rings is 1. The molecular formula is C43H54N9O5P. The van der Waals surface area contributed by atoms with E-state index in [0.717, 1.165) is 28.2 Å². The van der Waals surface area contributed by atoms with E-state index < -0.39 is 26.4 Å². The Hall–Kier alpha value is -5.00. The summed E-state index contributed by atoms with van der Waals surface area (Å²) in [6, 6.07) is 28.9. The molecule has 5 aromatic rings. The topological polar surface area (TPSA) is 144 Å². The summed E-state index contributed by atoms with van der Waals surface area (Å²) < 4.78 is 35.5. The number of nitrogens with one attached hydrogen (secondary N) is 1. The molecule has 0 saturated carbocycles. The molecule has 2 aromatic heterocycles. The number of nitriles is 1. The Morgan fingerprint density at radius 1 is 0.914 bits per heavy atom. The lowest BCUT2D eigenvalue weighted by Crippen LogP contribution is -2.53. The number of nitrogens with zero attached hydrogens (tertiary/aromatic N) is 8. The molecule has 3 heterocycles. The number of ether oxygens (including phenoxy) is 3. The van der Waals surface area contributed by atoms with E-state index in [2.05, 4.69) is 107 Å². The summed E-state index contributed by atoms with van der Waals surface area (Å²) in [5.41, 5.74) is 3.35.